The molecule has 0 saturated heterocycles. The van der Waals surface area contributed by atoms with Gasteiger partial charge in [-0.2, -0.15) is 0 Å². The van der Waals surface area contributed by atoms with Crippen LogP contribution in [0.25, 0.3) is 0 Å². The maximum absolute atomic E-state index is 11.8. The van der Waals surface area contributed by atoms with E-state index in [2.05, 4.69) is 30.4 Å². The van der Waals surface area contributed by atoms with E-state index in [1.807, 2.05) is 37.3 Å². The Morgan fingerprint density at radius 2 is 1.83 bits per heavy atom. The van der Waals surface area contributed by atoms with Crippen LogP contribution in [0.4, 0.5) is 0 Å². The minimum absolute atomic E-state index is 0.0514. The summed E-state index contributed by atoms with van der Waals surface area (Å²) in [6, 6.07) is 16.3. The van der Waals surface area contributed by atoms with E-state index in [4.69, 9.17) is 4.74 Å². The summed E-state index contributed by atoms with van der Waals surface area (Å²) in [6.45, 7) is 5.12. The number of thioether (sulfide) groups is 1. The second-order valence-corrected chi connectivity index (χ2v) is 6.48. The summed E-state index contributed by atoms with van der Waals surface area (Å²) in [5, 5.41) is 2.88. The largest absolute Gasteiger partial charge is 0.492 e. The van der Waals surface area contributed by atoms with Gasteiger partial charge in [0.2, 0.25) is 5.91 Å². The van der Waals surface area contributed by atoms with Gasteiger partial charge < -0.3 is 10.1 Å². The predicted octanol–water partition coefficient (Wildman–Crippen LogP) is 3.73. The van der Waals surface area contributed by atoms with Gasteiger partial charge in [0.25, 0.3) is 0 Å². The van der Waals surface area contributed by atoms with Gasteiger partial charge in [0.05, 0.1) is 12.3 Å². The minimum Gasteiger partial charge on any atom is -0.492 e. The molecular weight excluding hydrogens is 306 g/mol. The van der Waals surface area contributed by atoms with Crippen LogP contribution in [-0.4, -0.2) is 24.8 Å². The van der Waals surface area contributed by atoms with Gasteiger partial charge in [-0.1, -0.05) is 42.0 Å². The van der Waals surface area contributed by atoms with Crippen molar-refractivity contribution < 1.29 is 9.53 Å². The third-order valence-electron chi connectivity index (χ3n) is 3.27. The SMILES string of the molecule is Cc1cccc(CSCC(=O)NCCOc2cccc(C)c2)c1. The highest BCUT2D eigenvalue weighted by Gasteiger charge is 2.02. The highest BCUT2D eigenvalue weighted by Crippen LogP contribution is 2.13. The molecule has 0 saturated carbocycles. The normalized spacial score (nSPS) is 10.3. The molecule has 122 valence electrons. The summed E-state index contributed by atoms with van der Waals surface area (Å²) in [7, 11) is 0. The lowest BCUT2D eigenvalue weighted by molar-refractivity contribution is -0.118. The van der Waals surface area contributed by atoms with Gasteiger partial charge in [-0.05, 0) is 37.1 Å². The van der Waals surface area contributed by atoms with Crippen LogP contribution in [0.2, 0.25) is 0 Å². The number of hydrogen-bond donors (Lipinski definition) is 1. The third kappa shape index (κ3) is 6.78. The highest BCUT2D eigenvalue weighted by atomic mass is 32.2. The van der Waals surface area contributed by atoms with Gasteiger partial charge in [0.15, 0.2) is 0 Å². The smallest absolute Gasteiger partial charge is 0.230 e. The number of carbonyl (C=O) groups excluding carboxylic acids is 1. The number of hydrogen-bond acceptors (Lipinski definition) is 3. The van der Waals surface area contributed by atoms with Crippen molar-refractivity contribution in [2.75, 3.05) is 18.9 Å². The molecule has 0 bridgehead atoms. The van der Waals surface area contributed by atoms with E-state index in [0.717, 1.165) is 11.5 Å². The van der Waals surface area contributed by atoms with E-state index in [-0.39, 0.29) is 5.91 Å². The molecule has 23 heavy (non-hydrogen) atoms. The van der Waals surface area contributed by atoms with Crippen LogP contribution >= 0.6 is 11.8 Å². The van der Waals surface area contributed by atoms with Gasteiger partial charge in [-0.25, -0.2) is 0 Å². The fourth-order valence-corrected chi connectivity index (χ4v) is 2.98. The van der Waals surface area contributed by atoms with Crippen molar-refractivity contribution in [2.45, 2.75) is 19.6 Å². The molecule has 0 aliphatic heterocycles. The lowest BCUT2D eigenvalue weighted by Gasteiger charge is -2.08. The molecule has 2 rings (SSSR count). The Morgan fingerprint density at radius 3 is 2.57 bits per heavy atom. The van der Waals surface area contributed by atoms with Crippen molar-refractivity contribution in [1.29, 1.82) is 0 Å². The molecule has 0 heterocycles. The van der Waals surface area contributed by atoms with Crippen LogP contribution in [0.5, 0.6) is 5.75 Å². The molecule has 0 fully saturated rings. The zero-order valence-electron chi connectivity index (χ0n) is 13.7. The number of aryl methyl sites for hydroxylation is 2. The van der Waals surface area contributed by atoms with Crippen molar-refractivity contribution in [3.05, 3.63) is 65.2 Å². The molecule has 0 aromatic heterocycles. The molecule has 4 heteroatoms. The average Bonchev–Trinajstić information content (AvgIpc) is 2.52. The summed E-state index contributed by atoms with van der Waals surface area (Å²) in [5.74, 6) is 2.22. The molecule has 0 aliphatic rings. The number of benzene rings is 2. The zero-order chi connectivity index (χ0) is 16.5. The number of amides is 1. The quantitative estimate of drug-likeness (QED) is 0.750. The number of nitrogens with one attached hydrogen (secondary N) is 1. The zero-order valence-corrected chi connectivity index (χ0v) is 14.5. The first-order valence-electron chi connectivity index (χ1n) is 7.73. The average molecular weight is 329 g/mol. The second-order valence-electron chi connectivity index (χ2n) is 5.50. The number of carbonyl (C=O) groups is 1. The number of ether oxygens (including phenoxy) is 1. The molecule has 2 aromatic rings. The molecule has 1 amide bonds. The lowest BCUT2D eigenvalue weighted by atomic mass is 10.2. The molecule has 0 unspecified atom stereocenters. The van der Waals surface area contributed by atoms with Crippen LogP contribution in [0.1, 0.15) is 16.7 Å². The topological polar surface area (TPSA) is 38.3 Å². The summed E-state index contributed by atoms with van der Waals surface area (Å²) in [6.07, 6.45) is 0. The van der Waals surface area contributed by atoms with Crippen molar-refractivity contribution in [3.63, 3.8) is 0 Å². The summed E-state index contributed by atoms with van der Waals surface area (Å²) >= 11 is 1.63. The first-order valence-corrected chi connectivity index (χ1v) is 8.88. The van der Waals surface area contributed by atoms with Gasteiger partial charge in [0, 0.05) is 5.75 Å². The van der Waals surface area contributed by atoms with Crippen molar-refractivity contribution in [3.8, 4) is 5.75 Å². The number of rotatable bonds is 8. The van der Waals surface area contributed by atoms with E-state index in [0.29, 0.717) is 18.9 Å². The molecule has 0 spiro atoms. The van der Waals surface area contributed by atoms with Crippen LogP contribution in [0.15, 0.2) is 48.5 Å². The Balaban J connectivity index is 1.58. The predicted molar refractivity (Wildman–Crippen MR) is 97.0 cm³/mol. The van der Waals surface area contributed by atoms with E-state index in [1.54, 1.807) is 11.8 Å². The minimum atomic E-state index is 0.0514. The second kappa shape index (κ2) is 9.26. The maximum Gasteiger partial charge on any atom is 0.230 e. The van der Waals surface area contributed by atoms with Gasteiger partial charge >= 0.3 is 0 Å². The monoisotopic (exact) mass is 329 g/mol. The van der Waals surface area contributed by atoms with Gasteiger partial charge in [-0.3, -0.25) is 4.79 Å². The van der Waals surface area contributed by atoms with E-state index < -0.39 is 0 Å². The Hall–Kier alpha value is -1.94. The molecular formula is C19H23NO2S. The Labute approximate surface area is 142 Å². The Bertz CT molecular complexity index is 643. The van der Waals surface area contributed by atoms with Crippen LogP contribution < -0.4 is 10.1 Å². The highest BCUT2D eigenvalue weighted by molar-refractivity contribution is 7.99. The third-order valence-corrected chi connectivity index (χ3v) is 4.27. The standard InChI is InChI=1S/C19H23NO2S/c1-15-5-3-7-17(11-15)13-23-14-19(21)20-9-10-22-18-8-4-6-16(2)12-18/h3-8,11-12H,9-10,13-14H2,1-2H3,(H,20,21). The summed E-state index contributed by atoms with van der Waals surface area (Å²) < 4.78 is 5.60. The van der Waals surface area contributed by atoms with Crippen molar-refractivity contribution in [1.82, 2.24) is 5.32 Å². The maximum atomic E-state index is 11.8. The van der Waals surface area contributed by atoms with E-state index in [9.17, 15) is 4.79 Å². The molecule has 0 radical (unpaired) electrons. The first-order chi connectivity index (χ1) is 11.1. The summed E-state index contributed by atoms with van der Waals surface area (Å²) in [5.41, 5.74) is 3.67. The first kappa shape index (κ1) is 17.4. The van der Waals surface area contributed by atoms with Gasteiger partial charge in [-0.15, -0.1) is 11.8 Å². The summed E-state index contributed by atoms with van der Waals surface area (Å²) in [4.78, 5) is 11.8. The van der Waals surface area contributed by atoms with Crippen molar-refractivity contribution in [2.24, 2.45) is 0 Å². The van der Waals surface area contributed by atoms with Crippen molar-refractivity contribution >= 4 is 17.7 Å². The lowest BCUT2D eigenvalue weighted by Crippen LogP contribution is -2.29. The molecule has 2 aromatic carbocycles. The van der Waals surface area contributed by atoms with Crippen LogP contribution in [0.3, 0.4) is 0 Å². The van der Waals surface area contributed by atoms with Crippen LogP contribution in [0, 0.1) is 13.8 Å². The van der Waals surface area contributed by atoms with E-state index >= 15 is 0 Å². The van der Waals surface area contributed by atoms with Gasteiger partial charge in [0.1, 0.15) is 12.4 Å². The Kier molecular flexibility index (Phi) is 7.01. The fourth-order valence-electron chi connectivity index (χ4n) is 2.18. The van der Waals surface area contributed by atoms with Crippen LogP contribution in [-0.2, 0) is 10.5 Å². The molecule has 0 aliphatic carbocycles. The Morgan fingerprint density at radius 1 is 1.09 bits per heavy atom. The molecule has 1 N–H and O–H groups in total. The fraction of sp³-hybridized carbons (Fsp3) is 0.316. The van der Waals surface area contributed by atoms with E-state index in [1.165, 1.54) is 16.7 Å². The molecule has 3 nitrogen and oxygen atoms in total. The molecule has 0 atom stereocenters.